The molecule has 0 fully saturated rings. The predicted molar refractivity (Wildman–Crippen MR) is 84.8 cm³/mol. The molecule has 0 radical (unpaired) electrons. The number of esters is 1. The molecule has 0 saturated carbocycles. The Morgan fingerprint density at radius 3 is 2.48 bits per heavy atom. The topological polar surface area (TPSA) is 65.4 Å². The summed E-state index contributed by atoms with van der Waals surface area (Å²) < 4.78 is 6.48. The minimum absolute atomic E-state index is 0.190. The van der Waals surface area contributed by atoms with E-state index in [1.807, 2.05) is 0 Å². The highest BCUT2D eigenvalue weighted by Crippen LogP contribution is 2.24. The third-order valence-electron chi connectivity index (χ3n) is 3.46. The SMILES string of the molecule is CC(=O)Oc1ccccc1C(=O)n1cc(C=O)c2ccccc21. The van der Waals surface area contributed by atoms with Gasteiger partial charge in [0, 0.05) is 24.1 Å². The summed E-state index contributed by atoms with van der Waals surface area (Å²) in [5.41, 5.74) is 1.30. The number of para-hydroxylation sites is 2. The van der Waals surface area contributed by atoms with Gasteiger partial charge in [0.25, 0.3) is 5.91 Å². The van der Waals surface area contributed by atoms with Crippen LogP contribution in [0.2, 0.25) is 0 Å². The number of hydrogen-bond donors (Lipinski definition) is 0. The van der Waals surface area contributed by atoms with Gasteiger partial charge in [-0.3, -0.25) is 19.0 Å². The Bertz CT molecular complexity index is 924. The molecule has 1 heterocycles. The van der Waals surface area contributed by atoms with Crippen LogP contribution in [-0.4, -0.2) is 22.7 Å². The van der Waals surface area contributed by atoms with Crippen LogP contribution in [-0.2, 0) is 4.79 Å². The van der Waals surface area contributed by atoms with Crippen molar-refractivity contribution in [2.45, 2.75) is 6.92 Å². The Kier molecular flexibility index (Phi) is 3.76. The van der Waals surface area contributed by atoms with Crippen LogP contribution < -0.4 is 4.74 Å². The van der Waals surface area contributed by atoms with Crippen molar-refractivity contribution in [3.63, 3.8) is 0 Å². The Balaban J connectivity index is 2.15. The fourth-order valence-corrected chi connectivity index (χ4v) is 2.48. The van der Waals surface area contributed by atoms with E-state index in [9.17, 15) is 14.4 Å². The minimum Gasteiger partial charge on any atom is -0.426 e. The summed E-state index contributed by atoms with van der Waals surface area (Å²) in [7, 11) is 0. The minimum atomic E-state index is -0.504. The molecule has 23 heavy (non-hydrogen) atoms. The standard InChI is InChI=1S/C18H13NO4/c1-12(21)23-17-9-5-3-7-15(17)18(22)19-10-13(11-20)14-6-2-4-8-16(14)19/h2-11H,1H3. The predicted octanol–water partition coefficient (Wildman–Crippen LogP) is 3.07. The molecule has 1 aromatic heterocycles. The van der Waals surface area contributed by atoms with Crippen molar-refractivity contribution in [3.05, 3.63) is 65.9 Å². The molecule has 0 amide bonds. The number of ether oxygens (including phenoxy) is 1. The summed E-state index contributed by atoms with van der Waals surface area (Å²) in [5.74, 6) is -0.683. The molecule has 0 unspecified atom stereocenters. The molecule has 0 atom stereocenters. The highest BCUT2D eigenvalue weighted by molar-refractivity contribution is 6.08. The van der Waals surface area contributed by atoms with Crippen LogP contribution in [0, 0.1) is 0 Å². The maximum atomic E-state index is 12.8. The van der Waals surface area contributed by atoms with E-state index in [4.69, 9.17) is 4.74 Å². The third-order valence-corrected chi connectivity index (χ3v) is 3.46. The number of carbonyl (C=O) groups is 3. The fraction of sp³-hybridized carbons (Fsp3) is 0.0556. The first-order valence-electron chi connectivity index (χ1n) is 6.99. The van der Waals surface area contributed by atoms with Gasteiger partial charge in [0.2, 0.25) is 0 Å². The second-order valence-corrected chi connectivity index (χ2v) is 4.98. The summed E-state index contributed by atoms with van der Waals surface area (Å²) >= 11 is 0. The average molecular weight is 307 g/mol. The van der Waals surface area contributed by atoms with Crippen molar-refractivity contribution in [2.24, 2.45) is 0 Å². The van der Waals surface area contributed by atoms with Crippen molar-refractivity contribution in [1.29, 1.82) is 0 Å². The van der Waals surface area contributed by atoms with Crippen molar-refractivity contribution < 1.29 is 19.1 Å². The molecule has 0 bridgehead atoms. The zero-order valence-corrected chi connectivity index (χ0v) is 12.4. The lowest BCUT2D eigenvalue weighted by molar-refractivity contribution is -0.131. The van der Waals surface area contributed by atoms with Gasteiger partial charge in [-0.25, -0.2) is 0 Å². The molecule has 5 heteroatoms. The Hall–Kier alpha value is -3.21. The number of rotatable bonds is 3. The first kappa shape index (κ1) is 14.7. The smallest absolute Gasteiger partial charge is 0.308 e. The van der Waals surface area contributed by atoms with Crippen LogP contribution >= 0.6 is 0 Å². The van der Waals surface area contributed by atoms with E-state index in [2.05, 4.69) is 0 Å². The molecule has 5 nitrogen and oxygen atoms in total. The number of fused-ring (bicyclic) bond motifs is 1. The van der Waals surface area contributed by atoms with Crippen molar-refractivity contribution in [2.75, 3.05) is 0 Å². The monoisotopic (exact) mass is 307 g/mol. The van der Waals surface area contributed by atoms with E-state index in [-0.39, 0.29) is 17.2 Å². The van der Waals surface area contributed by atoms with E-state index in [1.54, 1.807) is 48.5 Å². The van der Waals surface area contributed by atoms with Gasteiger partial charge in [-0.15, -0.1) is 0 Å². The highest BCUT2D eigenvalue weighted by atomic mass is 16.5. The number of carbonyl (C=O) groups excluding carboxylic acids is 3. The van der Waals surface area contributed by atoms with Crippen LogP contribution in [0.5, 0.6) is 5.75 Å². The zero-order chi connectivity index (χ0) is 16.4. The molecule has 0 spiro atoms. The third kappa shape index (κ3) is 2.64. The van der Waals surface area contributed by atoms with Crippen molar-refractivity contribution in [1.82, 2.24) is 4.57 Å². The molecule has 114 valence electrons. The first-order chi connectivity index (χ1) is 11.1. The first-order valence-corrected chi connectivity index (χ1v) is 6.99. The van der Waals surface area contributed by atoms with Crippen molar-refractivity contribution in [3.8, 4) is 5.75 Å². The van der Waals surface area contributed by atoms with Gasteiger partial charge in [0.05, 0.1) is 11.1 Å². The molecule has 0 aliphatic heterocycles. The van der Waals surface area contributed by atoms with Crippen LogP contribution in [0.25, 0.3) is 10.9 Å². The molecule has 0 saturated heterocycles. The number of aromatic nitrogens is 1. The normalized spacial score (nSPS) is 10.5. The van der Waals surface area contributed by atoms with E-state index < -0.39 is 5.97 Å². The van der Waals surface area contributed by atoms with E-state index in [0.717, 1.165) is 0 Å². The molecule has 0 aliphatic carbocycles. The Morgan fingerprint density at radius 1 is 1.04 bits per heavy atom. The quantitative estimate of drug-likeness (QED) is 0.424. The summed E-state index contributed by atoms with van der Waals surface area (Å²) in [5, 5.41) is 0.695. The van der Waals surface area contributed by atoms with Crippen LogP contribution in [0.3, 0.4) is 0 Å². The lowest BCUT2D eigenvalue weighted by atomic mass is 10.2. The molecule has 3 rings (SSSR count). The van der Waals surface area contributed by atoms with Gasteiger partial charge in [0.15, 0.2) is 6.29 Å². The van der Waals surface area contributed by atoms with Gasteiger partial charge >= 0.3 is 5.97 Å². The lowest BCUT2D eigenvalue weighted by Crippen LogP contribution is -2.14. The average Bonchev–Trinajstić information content (AvgIpc) is 2.93. The summed E-state index contributed by atoms with van der Waals surface area (Å²) in [6.45, 7) is 1.27. The van der Waals surface area contributed by atoms with Crippen molar-refractivity contribution >= 4 is 29.1 Å². The van der Waals surface area contributed by atoms with Crippen LogP contribution in [0.15, 0.2) is 54.7 Å². The van der Waals surface area contributed by atoms with Gasteiger partial charge in [-0.1, -0.05) is 30.3 Å². The highest BCUT2D eigenvalue weighted by Gasteiger charge is 2.18. The molecular formula is C18H13NO4. The Labute approximate surface area is 132 Å². The van der Waals surface area contributed by atoms with E-state index >= 15 is 0 Å². The maximum Gasteiger partial charge on any atom is 0.308 e. The molecule has 0 N–H and O–H groups in total. The fourth-order valence-electron chi connectivity index (χ4n) is 2.48. The molecule has 3 aromatic rings. The molecule has 0 aliphatic rings. The number of nitrogens with zero attached hydrogens (tertiary/aromatic N) is 1. The summed E-state index contributed by atoms with van der Waals surface area (Å²) in [4.78, 5) is 35.3. The van der Waals surface area contributed by atoms with E-state index in [0.29, 0.717) is 22.8 Å². The second kappa shape index (κ2) is 5.88. The molecule has 2 aromatic carbocycles. The lowest BCUT2D eigenvalue weighted by Gasteiger charge is -2.09. The molecular weight excluding hydrogens is 294 g/mol. The summed E-state index contributed by atoms with van der Waals surface area (Å²) in [6, 6.07) is 13.6. The van der Waals surface area contributed by atoms with Gasteiger partial charge in [-0.05, 0) is 18.2 Å². The van der Waals surface area contributed by atoms with Gasteiger partial charge in [-0.2, -0.15) is 0 Å². The summed E-state index contributed by atoms with van der Waals surface area (Å²) in [6.07, 6.45) is 2.20. The number of hydrogen-bond acceptors (Lipinski definition) is 4. The largest absolute Gasteiger partial charge is 0.426 e. The van der Waals surface area contributed by atoms with Gasteiger partial charge in [0.1, 0.15) is 5.75 Å². The second-order valence-electron chi connectivity index (χ2n) is 4.98. The zero-order valence-electron chi connectivity index (χ0n) is 12.4. The van der Waals surface area contributed by atoms with Crippen LogP contribution in [0.4, 0.5) is 0 Å². The van der Waals surface area contributed by atoms with E-state index in [1.165, 1.54) is 17.7 Å². The number of aldehydes is 1. The Morgan fingerprint density at radius 2 is 1.74 bits per heavy atom. The van der Waals surface area contributed by atoms with Gasteiger partial charge < -0.3 is 4.74 Å². The number of benzene rings is 2. The maximum absolute atomic E-state index is 12.8. The van der Waals surface area contributed by atoms with Crippen LogP contribution in [0.1, 0.15) is 27.6 Å².